The van der Waals surface area contributed by atoms with Crippen molar-refractivity contribution in [3.63, 3.8) is 0 Å². The first kappa shape index (κ1) is 16.1. The van der Waals surface area contributed by atoms with E-state index < -0.39 is 0 Å². The molecule has 128 valence electrons. The van der Waals surface area contributed by atoms with E-state index in [9.17, 15) is 14.9 Å². The van der Waals surface area contributed by atoms with Crippen molar-refractivity contribution in [1.29, 1.82) is 5.26 Å². The summed E-state index contributed by atoms with van der Waals surface area (Å²) in [6, 6.07) is 2.47. The highest BCUT2D eigenvalue weighted by atomic mass is 16.1. The molecule has 0 radical (unpaired) electrons. The van der Waals surface area contributed by atoms with Crippen LogP contribution in [-0.4, -0.2) is 11.6 Å². The predicted molar refractivity (Wildman–Crippen MR) is 90.8 cm³/mol. The molecular formula is C21H27NO2. The monoisotopic (exact) mass is 325 g/mol. The molecule has 4 aliphatic carbocycles. The van der Waals surface area contributed by atoms with Gasteiger partial charge in [0.05, 0.1) is 12.0 Å². The third kappa shape index (κ3) is 1.83. The third-order valence-corrected chi connectivity index (χ3v) is 8.47. The summed E-state index contributed by atoms with van der Waals surface area (Å²) in [5.74, 6) is 2.12. The molecule has 24 heavy (non-hydrogen) atoms. The fraction of sp³-hybridized carbons (Fsp3) is 0.762. The summed E-state index contributed by atoms with van der Waals surface area (Å²) in [5.41, 5.74) is 1.02. The molecule has 3 saturated carbocycles. The number of ketones is 2. The zero-order valence-electron chi connectivity index (χ0n) is 15.0. The Morgan fingerprint density at radius 1 is 1.17 bits per heavy atom. The zero-order valence-corrected chi connectivity index (χ0v) is 15.0. The van der Waals surface area contributed by atoms with E-state index in [-0.39, 0.29) is 28.4 Å². The van der Waals surface area contributed by atoms with Crippen molar-refractivity contribution in [2.45, 2.75) is 59.3 Å². The molecule has 0 N–H and O–H groups in total. The van der Waals surface area contributed by atoms with Gasteiger partial charge in [-0.25, -0.2) is 0 Å². The number of allylic oxidation sites excluding steroid dienone is 2. The molecule has 0 heterocycles. The summed E-state index contributed by atoms with van der Waals surface area (Å²) in [7, 11) is 0. The van der Waals surface area contributed by atoms with Crippen LogP contribution in [0, 0.1) is 51.8 Å². The largest absolute Gasteiger partial charge is 0.299 e. The van der Waals surface area contributed by atoms with E-state index in [1.807, 2.05) is 6.08 Å². The summed E-state index contributed by atoms with van der Waals surface area (Å²) in [6.45, 7) is 6.60. The summed E-state index contributed by atoms with van der Waals surface area (Å²) >= 11 is 0. The van der Waals surface area contributed by atoms with Crippen LogP contribution in [0.3, 0.4) is 0 Å². The highest BCUT2D eigenvalue weighted by Gasteiger charge is 2.63. The Balaban J connectivity index is 1.77. The summed E-state index contributed by atoms with van der Waals surface area (Å²) in [6.07, 6.45) is 7.13. The standard InChI is InChI=1S/C21H27NO2/c1-12-8-15(23)10-14-4-5-16-17(21(12,14)3)6-7-20(2)18(24)9-13(11-22)19(16)20/h8,13-14,16-17,19H,4-7,9-10H2,1-3H3/t13-,14?,16-,17+,19+,20-,21+/m1/s1. The van der Waals surface area contributed by atoms with Crippen LogP contribution in [0.4, 0.5) is 0 Å². The molecule has 0 aromatic carbocycles. The molecule has 3 fully saturated rings. The van der Waals surface area contributed by atoms with Crippen LogP contribution in [0.25, 0.3) is 0 Å². The molecule has 0 saturated heterocycles. The van der Waals surface area contributed by atoms with Crippen molar-refractivity contribution in [3.05, 3.63) is 11.6 Å². The lowest BCUT2D eigenvalue weighted by molar-refractivity contribution is -0.136. The maximum Gasteiger partial charge on any atom is 0.155 e. The van der Waals surface area contributed by atoms with E-state index in [1.54, 1.807) is 0 Å². The van der Waals surface area contributed by atoms with Crippen molar-refractivity contribution in [2.24, 2.45) is 40.4 Å². The minimum Gasteiger partial charge on any atom is -0.299 e. The molecular weight excluding hydrogens is 298 g/mol. The van der Waals surface area contributed by atoms with Crippen LogP contribution < -0.4 is 0 Å². The summed E-state index contributed by atoms with van der Waals surface area (Å²) in [4.78, 5) is 24.7. The molecule has 0 amide bonds. The van der Waals surface area contributed by atoms with E-state index in [0.29, 0.717) is 36.4 Å². The minimum absolute atomic E-state index is 0.0732. The van der Waals surface area contributed by atoms with Gasteiger partial charge in [0.2, 0.25) is 0 Å². The first-order valence-electron chi connectivity index (χ1n) is 9.47. The molecule has 0 bridgehead atoms. The fourth-order valence-corrected chi connectivity index (χ4v) is 7.06. The lowest BCUT2D eigenvalue weighted by atomic mass is 9.44. The van der Waals surface area contributed by atoms with Crippen LogP contribution in [0.5, 0.6) is 0 Å². The quantitative estimate of drug-likeness (QED) is 0.674. The first-order chi connectivity index (χ1) is 11.3. The lowest BCUT2D eigenvalue weighted by Gasteiger charge is -2.59. The van der Waals surface area contributed by atoms with Gasteiger partial charge in [-0.15, -0.1) is 0 Å². The van der Waals surface area contributed by atoms with Gasteiger partial charge in [0.25, 0.3) is 0 Å². The molecule has 4 rings (SSSR count). The van der Waals surface area contributed by atoms with E-state index in [1.165, 1.54) is 5.57 Å². The van der Waals surface area contributed by atoms with E-state index >= 15 is 0 Å². The van der Waals surface area contributed by atoms with Crippen molar-refractivity contribution in [2.75, 3.05) is 0 Å². The second-order valence-corrected chi connectivity index (χ2v) is 9.17. The summed E-state index contributed by atoms with van der Waals surface area (Å²) < 4.78 is 0. The molecule has 0 aromatic rings. The number of hydrogen-bond acceptors (Lipinski definition) is 3. The van der Waals surface area contributed by atoms with Crippen molar-refractivity contribution in [1.82, 2.24) is 0 Å². The number of Topliss-reactive ketones (excluding diaryl/α,β-unsaturated/α-hetero) is 1. The Bertz CT molecular complexity index is 686. The Labute approximate surface area is 144 Å². The Hall–Kier alpha value is -1.43. The average molecular weight is 325 g/mol. The molecule has 3 heteroatoms. The Morgan fingerprint density at radius 2 is 1.92 bits per heavy atom. The van der Waals surface area contributed by atoms with Crippen LogP contribution in [0.1, 0.15) is 59.3 Å². The fourth-order valence-electron chi connectivity index (χ4n) is 7.06. The number of nitriles is 1. The number of hydrogen-bond donors (Lipinski definition) is 0. The summed E-state index contributed by atoms with van der Waals surface area (Å²) in [5, 5.41) is 9.65. The van der Waals surface area contributed by atoms with Gasteiger partial charge in [0.1, 0.15) is 5.78 Å². The Kier molecular flexibility index (Phi) is 3.37. The molecule has 0 aromatic heterocycles. The Morgan fingerprint density at radius 3 is 2.62 bits per heavy atom. The predicted octanol–water partition coefficient (Wildman–Crippen LogP) is 4.08. The van der Waals surface area contributed by atoms with Crippen molar-refractivity contribution >= 4 is 11.6 Å². The number of carbonyl (C=O) groups excluding carboxylic acids is 2. The molecule has 3 nitrogen and oxygen atoms in total. The van der Waals surface area contributed by atoms with Gasteiger partial charge < -0.3 is 0 Å². The molecule has 1 unspecified atom stereocenters. The molecule has 0 spiro atoms. The first-order valence-corrected chi connectivity index (χ1v) is 9.47. The molecule has 7 atom stereocenters. The zero-order chi connectivity index (χ0) is 17.3. The van der Waals surface area contributed by atoms with Crippen molar-refractivity contribution in [3.8, 4) is 6.07 Å². The second kappa shape index (κ2) is 5.04. The highest BCUT2D eigenvalue weighted by Crippen LogP contribution is 2.66. The van der Waals surface area contributed by atoms with E-state index in [2.05, 4.69) is 26.8 Å². The topological polar surface area (TPSA) is 57.9 Å². The van der Waals surface area contributed by atoms with Gasteiger partial charge in [0, 0.05) is 18.3 Å². The van der Waals surface area contributed by atoms with Crippen LogP contribution in [0.15, 0.2) is 11.6 Å². The third-order valence-electron chi connectivity index (χ3n) is 8.47. The van der Waals surface area contributed by atoms with Crippen LogP contribution >= 0.6 is 0 Å². The second-order valence-electron chi connectivity index (χ2n) is 9.17. The smallest absolute Gasteiger partial charge is 0.155 e. The minimum atomic E-state index is -0.285. The normalized spacial score (nSPS) is 50.4. The van der Waals surface area contributed by atoms with E-state index in [4.69, 9.17) is 0 Å². The number of carbonyl (C=O) groups is 2. The molecule has 0 aliphatic heterocycles. The lowest BCUT2D eigenvalue weighted by Crippen LogP contribution is -2.54. The van der Waals surface area contributed by atoms with Gasteiger partial charge in [-0.3, -0.25) is 9.59 Å². The highest BCUT2D eigenvalue weighted by molar-refractivity contribution is 5.92. The van der Waals surface area contributed by atoms with Gasteiger partial charge in [-0.2, -0.15) is 5.26 Å². The number of nitrogens with zero attached hydrogens (tertiary/aromatic N) is 1. The van der Waals surface area contributed by atoms with Gasteiger partial charge in [-0.1, -0.05) is 19.4 Å². The van der Waals surface area contributed by atoms with Gasteiger partial charge >= 0.3 is 0 Å². The van der Waals surface area contributed by atoms with Gasteiger partial charge in [0.15, 0.2) is 5.78 Å². The van der Waals surface area contributed by atoms with Crippen LogP contribution in [-0.2, 0) is 9.59 Å². The van der Waals surface area contributed by atoms with E-state index in [0.717, 1.165) is 25.7 Å². The van der Waals surface area contributed by atoms with Crippen LogP contribution in [0.2, 0.25) is 0 Å². The number of rotatable bonds is 0. The maximum absolute atomic E-state index is 12.6. The van der Waals surface area contributed by atoms with Crippen molar-refractivity contribution < 1.29 is 9.59 Å². The molecule has 4 aliphatic rings. The van der Waals surface area contributed by atoms with Gasteiger partial charge in [-0.05, 0) is 67.8 Å². The number of fused-ring (bicyclic) bond motifs is 5. The average Bonchev–Trinajstić information content (AvgIpc) is 2.80. The SMILES string of the molecule is CC1=CC(=O)CC2CC[C@H]3[C@@H]4[C@@H](C#N)CC(=O)[C@@]4(C)CC[C@@H]3[C@@]12C. The maximum atomic E-state index is 12.6.